The van der Waals surface area contributed by atoms with E-state index < -0.39 is 0 Å². The predicted octanol–water partition coefficient (Wildman–Crippen LogP) is 5.11. The van der Waals surface area contributed by atoms with Crippen LogP contribution in [0.25, 0.3) is 10.9 Å². The van der Waals surface area contributed by atoms with Gasteiger partial charge in [-0.25, -0.2) is 0 Å². The first-order valence-corrected chi connectivity index (χ1v) is 8.57. The molecule has 0 bridgehead atoms. The van der Waals surface area contributed by atoms with E-state index in [1.807, 2.05) is 12.1 Å². The second-order valence-corrected chi connectivity index (χ2v) is 7.18. The number of hydrogen-bond donors (Lipinski definition) is 2. The Morgan fingerprint density at radius 1 is 1.10 bits per heavy atom. The number of H-pyrrole nitrogens is 1. The van der Waals surface area contributed by atoms with Crippen LogP contribution in [-0.4, -0.2) is 11.0 Å². The summed E-state index contributed by atoms with van der Waals surface area (Å²) in [5, 5.41) is 2.58. The van der Waals surface area contributed by atoms with Gasteiger partial charge in [0.05, 0.1) is 10.3 Å². The number of nitrogens with one attached hydrogen (secondary N) is 1. The van der Waals surface area contributed by atoms with Gasteiger partial charge < -0.3 is 10.7 Å². The van der Waals surface area contributed by atoms with Crippen LogP contribution in [0.1, 0.15) is 17.7 Å². The average Bonchev–Trinajstić information content (AvgIpc) is 2.88. The van der Waals surface area contributed by atoms with E-state index >= 15 is 0 Å². The molecular formula is C17H17BrN2S. The van der Waals surface area contributed by atoms with Crippen LogP contribution in [0.2, 0.25) is 0 Å². The SMILES string of the molecule is CC(N)C(Sc1cc2ccccc2[nH]1)c1ccccc1Br. The van der Waals surface area contributed by atoms with Crippen molar-refractivity contribution in [3.63, 3.8) is 0 Å². The quantitative estimate of drug-likeness (QED) is 0.634. The molecule has 0 aliphatic carbocycles. The van der Waals surface area contributed by atoms with Crippen LogP contribution in [0, 0.1) is 0 Å². The van der Waals surface area contributed by atoms with Crippen molar-refractivity contribution in [2.45, 2.75) is 23.2 Å². The van der Waals surface area contributed by atoms with Crippen LogP contribution in [0.5, 0.6) is 0 Å². The number of para-hydroxylation sites is 1. The van der Waals surface area contributed by atoms with Gasteiger partial charge in [0.2, 0.25) is 0 Å². The maximum Gasteiger partial charge on any atom is 0.0739 e. The Morgan fingerprint density at radius 3 is 2.52 bits per heavy atom. The summed E-state index contributed by atoms with van der Waals surface area (Å²) in [7, 11) is 0. The molecule has 3 aromatic rings. The standard InChI is InChI=1S/C17H17BrN2S/c1-11(19)17(13-7-3-4-8-14(13)18)21-16-10-12-6-2-5-9-15(12)20-16/h2-11,17,20H,19H2,1H3. The van der Waals surface area contributed by atoms with Crippen LogP contribution in [0.3, 0.4) is 0 Å². The van der Waals surface area contributed by atoms with Crippen molar-refractivity contribution in [3.8, 4) is 0 Å². The number of fused-ring (bicyclic) bond motifs is 1. The largest absolute Gasteiger partial charge is 0.350 e. The zero-order chi connectivity index (χ0) is 14.8. The van der Waals surface area contributed by atoms with Gasteiger partial charge in [-0.3, -0.25) is 0 Å². The van der Waals surface area contributed by atoms with Crippen molar-refractivity contribution in [2.24, 2.45) is 5.73 Å². The monoisotopic (exact) mass is 360 g/mol. The van der Waals surface area contributed by atoms with E-state index in [4.69, 9.17) is 5.73 Å². The summed E-state index contributed by atoms with van der Waals surface area (Å²) in [6.07, 6.45) is 0. The second-order valence-electron chi connectivity index (χ2n) is 5.14. The van der Waals surface area contributed by atoms with Gasteiger partial charge in [0.15, 0.2) is 0 Å². The highest BCUT2D eigenvalue weighted by Crippen LogP contribution is 2.40. The molecule has 2 unspecified atom stereocenters. The number of hydrogen-bond acceptors (Lipinski definition) is 2. The van der Waals surface area contributed by atoms with Crippen molar-refractivity contribution in [3.05, 3.63) is 64.6 Å². The Bertz CT molecular complexity index is 718. The van der Waals surface area contributed by atoms with Crippen LogP contribution >= 0.6 is 27.7 Å². The Morgan fingerprint density at radius 2 is 1.81 bits per heavy atom. The third kappa shape index (κ3) is 3.18. The minimum Gasteiger partial charge on any atom is -0.350 e. The molecule has 1 aromatic heterocycles. The molecule has 4 heteroatoms. The molecule has 21 heavy (non-hydrogen) atoms. The molecule has 0 saturated heterocycles. The molecule has 3 N–H and O–H groups in total. The van der Waals surface area contributed by atoms with Gasteiger partial charge in [-0.15, -0.1) is 0 Å². The van der Waals surface area contributed by atoms with E-state index in [-0.39, 0.29) is 11.3 Å². The fourth-order valence-corrected chi connectivity index (χ4v) is 4.27. The summed E-state index contributed by atoms with van der Waals surface area (Å²) in [5.74, 6) is 0. The number of thioether (sulfide) groups is 1. The second kappa shape index (κ2) is 6.26. The minimum atomic E-state index is 0.0557. The number of aromatic nitrogens is 1. The van der Waals surface area contributed by atoms with Crippen molar-refractivity contribution in [2.75, 3.05) is 0 Å². The minimum absolute atomic E-state index is 0.0557. The number of rotatable bonds is 4. The lowest BCUT2D eigenvalue weighted by atomic mass is 10.1. The number of halogens is 1. The number of benzene rings is 2. The first kappa shape index (κ1) is 14.7. The highest BCUT2D eigenvalue weighted by Gasteiger charge is 2.20. The van der Waals surface area contributed by atoms with Crippen molar-refractivity contribution < 1.29 is 0 Å². The van der Waals surface area contributed by atoms with Gasteiger partial charge in [-0.1, -0.05) is 64.1 Å². The summed E-state index contributed by atoms with van der Waals surface area (Å²) >= 11 is 5.41. The number of aromatic amines is 1. The first-order chi connectivity index (χ1) is 10.1. The Balaban J connectivity index is 1.94. The lowest BCUT2D eigenvalue weighted by Gasteiger charge is -2.21. The molecule has 2 nitrogen and oxygen atoms in total. The maximum absolute atomic E-state index is 6.22. The summed E-state index contributed by atoms with van der Waals surface area (Å²) in [6, 6.07) is 18.8. The van der Waals surface area contributed by atoms with E-state index in [1.54, 1.807) is 11.8 Å². The van der Waals surface area contributed by atoms with E-state index in [1.165, 1.54) is 10.9 Å². The van der Waals surface area contributed by atoms with Gasteiger partial charge in [-0.05, 0) is 30.7 Å². The van der Waals surface area contributed by atoms with E-state index in [2.05, 4.69) is 70.3 Å². The zero-order valence-electron chi connectivity index (χ0n) is 11.7. The van der Waals surface area contributed by atoms with Crippen LogP contribution in [0.15, 0.2) is 64.1 Å². The molecule has 0 aliphatic rings. The number of nitrogens with two attached hydrogens (primary N) is 1. The maximum atomic E-state index is 6.22. The smallest absolute Gasteiger partial charge is 0.0739 e. The molecule has 3 rings (SSSR count). The van der Waals surface area contributed by atoms with Crippen LogP contribution in [0.4, 0.5) is 0 Å². The van der Waals surface area contributed by atoms with E-state index in [9.17, 15) is 0 Å². The van der Waals surface area contributed by atoms with Gasteiger partial charge in [0.1, 0.15) is 0 Å². The molecule has 1 heterocycles. The third-order valence-corrected chi connectivity index (χ3v) is 5.58. The summed E-state index contributed by atoms with van der Waals surface area (Å²) in [4.78, 5) is 3.46. The average molecular weight is 361 g/mol. The molecule has 0 radical (unpaired) electrons. The molecule has 2 aromatic carbocycles. The topological polar surface area (TPSA) is 41.8 Å². The lowest BCUT2D eigenvalue weighted by Crippen LogP contribution is -2.22. The summed E-state index contributed by atoms with van der Waals surface area (Å²) < 4.78 is 1.11. The fraction of sp³-hybridized carbons (Fsp3) is 0.176. The molecule has 0 fully saturated rings. The normalized spacial score (nSPS) is 14.2. The van der Waals surface area contributed by atoms with Crippen LogP contribution in [-0.2, 0) is 0 Å². The molecule has 0 amide bonds. The van der Waals surface area contributed by atoms with Crippen molar-refractivity contribution in [1.82, 2.24) is 4.98 Å². The van der Waals surface area contributed by atoms with Gasteiger partial charge >= 0.3 is 0 Å². The first-order valence-electron chi connectivity index (χ1n) is 6.89. The highest BCUT2D eigenvalue weighted by molar-refractivity contribution is 9.10. The summed E-state index contributed by atoms with van der Waals surface area (Å²) in [5.41, 5.74) is 8.62. The lowest BCUT2D eigenvalue weighted by molar-refractivity contribution is 0.718. The molecular weight excluding hydrogens is 344 g/mol. The fourth-order valence-electron chi connectivity index (χ4n) is 2.41. The Labute approximate surface area is 137 Å². The van der Waals surface area contributed by atoms with Gasteiger partial charge in [-0.2, -0.15) is 0 Å². The predicted molar refractivity (Wildman–Crippen MR) is 94.7 cm³/mol. The third-order valence-electron chi connectivity index (χ3n) is 3.45. The summed E-state index contributed by atoms with van der Waals surface area (Å²) in [6.45, 7) is 2.06. The molecule has 108 valence electrons. The Hall–Kier alpha value is -1.23. The molecule has 0 spiro atoms. The Kier molecular flexibility index (Phi) is 4.38. The van der Waals surface area contributed by atoms with Crippen LogP contribution < -0.4 is 5.73 Å². The zero-order valence-corrected chi connectivity index (χ0v) is 14.1. The molecule has 2 atom stereocenters. The van der Waals surface area contributed by atoms with Crippen molar-refractivity contribution >= 4 is 38.6 Å². The van der Waals surface area contributed by atoms with Gasteiger partial charge in [0, 0.05) is 21.4 Å². The van der Waals surface area contributed by atoms with Crippen molar-refractivity contribution in [1.29, 1.82) is 0 Å². The molecule has 0 saturated carbocycles. The molecule has 0 aliphatic heterocycles. The highest BCUT2D eigenvalue weighted by atomic mass is 79.9. The van der Waals surface area contributed by atoms with Gasteiger partial charge in [0.25, 0.3) is 0 Å². The van der Waals surface area contributed by atoms with E-state index in [0.717, 1.165) is 15.0 Å². The van der Waals surface area contributed by atoms with E-state index in [0.29, 0.717) is 0 Å².